The number of benzene rings is 2. The third-order valence-electron chi connectivity index (χ3n) is 3.47. The molecule has 0 fully saturated rings. The van der Waals surface area contributed by atoms with Crippen LogP contribution in [0.4, 0.5) is 0 Å². The van der Waals surface area contributed by atoms with Crippen molar-refractivity contribution in [3.05, 3.63) is 51.6 Å². The Labute approximate surface area is 136 Å². The molecule has 1 N–H and O–H groups in total. The summed E-state index contributed by atoms with van der Waals surface area (Å²) in [7, 11) is 2.91. The number of ether oxygens (including phenoxy) is 2. The van der Waals surface area contributed by atoms with Crippen LogP contribution in [-0.2, 0) is 0 Å². The summed E-state index contributed by atoms with van der Waals surface area (Å²) in [6.45, 7) is 0. The van der Waals surface area contributed by atoms with E-state index in [1.807, 2.05) is 0 Å². The minimum absolute atomic E-state index is 0.0924. The lowest BCUT2D eigenvalue weighted by Crippen LogP contribution is -2.01. The van der Waals surface area contributed by atoms with E-state index in [0.717, 1.165) is 0 Å². The first kappa shape index (κ1) is 15.2. The second kappa shape index (κ2) is 5.85. The van der Waals surface area contributed by atoms with Crippen molar-refractivity contribution in [2.45, 2.75) is 0 Å². The highest BCUT2D eigenvalue weighted by Crippen LogP contribution is 2.40. The predicted molar refractivity (Wildman–Crippen MR) is 87.7 cm³/mol. The molecule has 0 aliphatic carbocycles. The maximum absolute atomic E-state index is 12.3. The van der Waals surface area contributed by atoms with Crippen LogP contribution in [0, 0.1) is 0 Å². The summed E-state index contributed by atoms with van der Waals surface area (Å²) in [5, 5.41) is 10.7. The third-order valence-corrected chi connectivity index (χ3v) is 3.77. The largest absolute Gasteiger partial charge is 0.504 e. The van der Waals surface area contributed by atoms with Gasteiger partial charge >= 0.3 is 0 Å². The quantitative estimate of drug-likeness (QED) is 0.789. The molecular formula is C17H13ClO5. The van der Waals surface area contributed by atoms with Crippen LogP contribution >= 0.6 is 11.6 Å². The number of fused-ring (bicyclic) bond motifs is 1. The standard InChI is InChI=1S/C17H13ClO5/c1-21-14-8-16(22-2)13(20)6-10(14)15-7-12(19)9-4-3-5-11(18)17(9)23-15/h3-8,20H,1-2H3. The van der Waals surface area contributed by atoms with Crippen LogP contribution in [-0.4, -0.2) is 19.3 Å². The van der Waals surface area contributed by atoms with Gasteiger partial charge in [0.25, 0.3) is 0 Å². The van der Waals surface area contributed by atoms with Crippen LogP contribution in [0.15, 0.2) is 45.6 Å². The number of methoxy groups -OCH3 is 2. The second-order valence-corrected chi connectivity index (χ2v) is 5.22. The Morgan fingerprint density at radius 2 is 1.83 bits per heavy atom. The fraction of sp³-hybridized carbons (Fsp3) is 0.118. The van der Waals surface area contributed by atoms with E-state index in [1.54, 1.807) is 18.2 Å². The molecule has 0 amide bonds. The third kappa shape index (κ3) is 2.59. The average Bonchev–Trinajstić information content (AvgIpc) is 2.55. The molecular weight excluding hydrogens is 320 g/mol. The summed E-state index contributed by atoms with van der Waals surface area (Å²) in [6, 6.07) is 9.22. The normalized spacial score (nSPS) is 10.7. The van der Waals surface area contributed by atoms with E-state index in [9.17, 15) is 9.90 Å². The zero-order valence-electron chi connectivity index (χ0n) is 12.4. The van der Waals surface area contributed by atoms with Crippen molar-refractivity contribution in [2.75, 3.05) is 14.2 Å². The average molecular weight is 333 g/mol. The molecule has 118 valence electrons. The number of aromatic hydroxyl groups is 1. The fourth-order valence-electron chi connectivity index (χ4n) is 2.35. The zero-order chi connectivity index (χ0) is 16.6. The predicted octanol–water partition coefficient (Wildman–Crippen LogP) is 3.84. The Hall–Kier alpha value is -2.66. The topological polar surface area (TPSA) is 68.9 Å². The Kier molecular flexibility index (Phi) is 3.88. The molecule has 23 heavy (non-hydrogen) atoms. The number of phenols is 1. The van der Waals surface area contributed by atoms with Gasteiger partial charge in [-0.1, -0.05) is 17.7 Å². The molecule has 1 aromatic heterocycles. The summed E-state index contributed by atoms with van der Waals surface area (Å²) in [5.41, 5.74) is 0.472. The molecule has 1 heterocycles. The van der Waals surface area contributed by atoms with Crippen molar-refractivity contribution in [1.82, 2.24) is 0 Å². The summed E-state index contributed by atoms with van der Waals surface area (Å²) in [5.74, 6) is 0.802. The van der Waals surface area contributed by atoms with Gasteiger partial charge in [-0.05, 0) is 18.2 Å². The summed E-state index contributed by atoms with van der Waals surface area (Å²) in [6.07, 6.45) is 0. The lowest BCUT2D eigenvalue weighted by Gasteiger charge is -2.12. The second-order valence-electron chi connectivity index (χ2n) is 4.82. The number of phenolic OH excluding ortho intramolecular Hbond substituents is 1. The van der Waals surface area contributed by atoms with E-state index >= 15 is 0 Å². The van der Waals surface area contributed by atoms with Gasteiger partial charge in [-0.25, -0.2) is 0 Å². The van der Waals surface area contributed by atoms with Crippen molar-refractivity contribution >= 4 is 22.6 Å². The Balaban J connectivity index is 2.31. The van der Waals surface area contributed by atoms with Crippen LogP contribution in [0.2, 0.25) is 5.02 Å². The van der Waals surface area contributed by atoms with Crippen molar-refractivity contribution in [3.8, 4) is 28.6 Å². The minimum Gasteiger partial charge on any atom is -0.504 e. The Morgan fingerprint density at radius 3 is 2.52 bits per heavy atom. The molecule has 0 unspecified atom stereocenters. The van der Waals surface area contributed by atoms with Crippen molar-refractivity contribution in [3.63, 3.8) is 0 Å². The summed E-state index contributed by atoms with van der Waals surface area (Å²) < 4.78 is 16.1. The molecule has 3 rings (SSSR count). The van der Waals surface area contributed by atoms with Gasteiger partial charge in [0.1, 0.15) is 11.5 Å². The first-order chi connectivity index (χ1) is 11.0. The number of para-hydroxylation sites is 1. The Morgan fingerprint density at radius 1 is 1.09 bits per heavy atom. The van der Waals surface area contributed by atoms with Crippen LogP contribution in [0.1, 0.15) is 0 Å². The van der Waals surface area contributed by atoms with Crippen LogP contribution < -0.4 is 14.9 Å². The molecule has 0 aliphatic heterocycles. The highest BCUT2D eigenvalue weighted by atomic mass is 35.5. The molecule has 2 aromatic carbocycles. The molecule has 0 spiro atoms. The van der Waals surface area contributed by atoms with E-state index in [4.69, 9.17) is 25.5 Å². The van der Waals surface area contributed by atoms with Gasteiger partial charge in [0.2, 0.25) is 0 Å². The lowest BCUT2D eigenvalue weighted by atomic mass is 10.1. The van der Waals surface area contributed by atoms with Gasteiger partial charge < -0.3 is 19.0 Å². The first-order valence-electron chi connectivity index (χ1n) is 6.73. The lowest BCUT2D eigenvalue weighted by molar-refractivity contribution is 0.364. The first-order valence-corrected chi connectivity index (χ1v) is 7.10. The van der Waals surface area contributed by atoms with E-state index < -0.39 is 0 Å². The summed E-state index contributed by atoms with van der Waals surface area (Å²) in [4.78, 5) is 12.3. The van der Waals surface area contributed by atoms with Crippen molar-refractivity contribution in [1.29, 1.82) is 0 Å². The van der Waals surface area contributed by atoms with Gasteiger partial charge in [0, 0.05) is 12.1 Å². The van der Waals surface area contributed by atoms with Gasteiger partial charge in [0.05, 0.1) is 30.2 Å². The van der Waals surface area contributed by atoms with Gasteiger partial charge in [-0.15, -0.1) is 0 Å². The van der Waals surface area contributed by atoms with Crippen LogP contribution in [0.5, 0.6) is 17.2 Å². The van der Waals surface area contributed by atoms with Crippen LogP contribution in [0.3, 0.4) is 0 Å². The minimum atomic E-state index is -0.235. The molecule has 0 radical (unpaired) electrons. The van der Waals surface area contributed by atoms with Crippen molar-refractivity contribution < 1.29 is 19.0 Å². The molecule has 0 saturated carbocycles. The maximum atomic E-state index is 12.3. The molecule has 0 saturated heterocycles. The molecule has 5 nitrogen and oxygen atoms in total. The van der Waals surface area contributed by atoms with Crippen LogP contribution in [0.25, 0.3) is 22.3 Å². The highest BCUT2D eigenvalue weighted by molar-refractivity contribution is 6.34. The molecule has 3 aromatic rings. The van der Waals surface area contributed by atoms with Gasteiger partial charge in [0.15, 0.2) is 22.5 Å². The monoisotopic (exact) mass is 332 g/mol. The summed E-state index contributed by atoms with van der Waals surface area (Å²) >= 11 is 6.11. The van der Waals surface area contributed by atoms with Gasteiger partial charge in [-0.2, -0.15) is 0 Å². The number of halogens is 1. The molecule has 6 heteroatoms. The van der Waals surface area contributed by atoms with E-state index in [1.165, 1.54) is 32.4 Å². The van der Waals surface area contributed by atoms with E-state index in [-0.39, 0.29) is 28.3 Å². The maximum Gasteiger partial charge on any atom is 0.193 e. The fourth-order valence-corrected chi connectivity index (χ4v) is 2.56. The number of rotatable bonds is 3. The van der Waals surface area contributed by atoms with E-state index in [0.29, 0.717) is 21.7 Å². The zero-order valence-corrected chi connectivity index (χ0v) is 13.2. The van der Waals surface area contributed by atoms with E-state index in [2.05, 4.69) is 0 Å². The smallest absolute Gasteiger partial charge is 0.193 e. The molecule has 0 bridgehead atoms. The SMILES string of the molecule is COc1cc(OC)c(-c2cc(=O)c3cccc(Cl)c3o2)cc1O. The number of hydrogen-bond acceptors (Lipinski definition) is 5. The molecule has 0 atom stereocenters. The Bertz CT molecular complexity index is 946. The van der Waals surface area contributed by atoms with Gasteiger partial charge in [-0.3, -0.25) is 4.79 Å². The molecule has 0 aliphatic rings. The number of hydrogen-bond donors (Lipinski definition) is 1. The highest BCUT2D eigenvalue weighted by Gasteiger charge is 2.16. The van der Waals surface area contributed by atoms with Crippen molar-refractivity contribution in [2.24, 2.45) is 0 Å².